The zero-order chi connectivity index (χ0) is 12.3. The van der Waals surface area contributed by atoms with Crippen LogP contribution in [0.3, 0.4) is 0 Å². The van der Waals surface area contributed by atoms with Crippen LogP contribution >= 0.6 is 0 Å². The highest BCUT2D eigenvalue weighted by Crippen LogP contribution is 1.97. The van der Waals surface area contributed by atoms with Gasteiger partial charge in [0.15, 0.2) is 5.65 Å². The maximum absolute atomic E-state index is 11.4. The molecule has 0 aliphatic rings. The van der Waals surface area contributed by atoms with Crippen LogP contribution in [0, 0.1) is 0 Å². The predicted molar refractivity (Wildman–Crippen MR) is 61.9 cm³/mol. The number of aryl methyl sites for hydroxylation is 1. The monoisotopic (exact) mass is 242 g/mol. The number of rotatable bonds is 0. The van der Waals surface area contributed by atoms with Gasteiger partial charge < -0.3 is 15.3 Å². The first-order valence-corrected chi connectivity index (χ1v) is 4.53. The summed E-state index contributed by atoms with van der Waals surface area (Å²) in [6.07, 6.45) is 2.14. The molecule has 0 fully saturated rings. The quantitative estimate of drug-likeness (QED) is 0.555. The molecule has 2 rings (SSSR count). The molecule has 0 saturated heterocycles. The SMILES string of the molecule is CC=O.Cn1c(=O)c2[nH]cnc2n(C)c1=O.O. The van der Waals surface area contributed by atoms with Crippen LogP contribution in [0.25, 0.3) is 11.2 Å². The van der Waals surface area contributed by atoms with Gasteiger partial charge in [-0.1, -0.05) is 0 Å². The molecule has 8 nitrogen and oxygen atoms in total. The molecule has 8 heteroatoms. The fraction of sp³-hybridized carbons (Fsp3) is 0.333. The van der Waals surface area contributed by atoms with E-state index in [1.165, 1.54) is 24.9 Å². The van der Waals surface area contributed by atoms with Crippen molar-refractivity contribution in [2.75, 3.05) is 0 Å². The van der Waals surface area contributed by atoms with Crippen LogP contribution in [0.4, 0.5) is 0 Å². The first-order chi connectivity index (χ1) is 7.54. The summed E-state index contributed by atoms with van der Waals surface area (Å²) in [5.41, 5.74) is 0.0119. The zero-order valence-electron chi connectivity index (χ0n) is 9.72. The molecule has 0 atom stereocenters. The molecule has 2 aromatic heterocycles. The standard InChI is InChI=1S/C7H8N4O2.C2H4O.H2O/c1-10-5-4(8-3-9-5)6(12)11(2)7(10)13;1-2-3;/h3H,1-2H3,(H,8,9);2H,1H3;1H2. The van der Waals surface area contributed by atoms with Gasteiger partial charge in [-0.15, -0.1) is 0 Å². The lowest BCUT2D eigenvalue weighted by atomic mass is 10.5. The Hall–Kier alpha value is -2.22. The van der Waals surface area contributed by atoms with E-state index in [1.807, 2.05) is 0 Å². The van der Waals surface area contributed by atoms with Crippen LogP contribution in [0.2, 0.25) is 0 Å². The van der Waals surface area contributed by atoms with Gasteiger partial charge in [0.2, 0.25) is 0 Å². The lowest BCUT2D eigenvalue weighted by Crippen LogP contribution is -2.36. The highest BCUT2D eigenvalue weighted by atomic mass is 16.2. The topological polar surface area (TPSA) is 121 Å². The summed E-state index contributed by atoms with van der Waals surface area (Å²) < 4.78 is 2.37. The molecule has 2 aromatic rings. The van der Waals surface area contributed by atoms with E-state index < -0.39 is 0 Å². The Labute approximate surface area is 95.8 Å². The molecule has 3 N–H and O–H groups in total. The van der Waals surface area contributed by atoms with Gasteiger partial charge in [-0.25, -0.2) is 9.78 Å². The summed E-state index contributed by atoms with van der Waals surface area (Å²) in [5, 5.41) is 0. The molecule has 0 saturated carbocycles. The number of imidazole rings is 1. The number of aldehydes is 1. The zero-order valence-corrected chi connectivity index (χ0v) is 9.72. The number of aromatic amines is 1. The molecule has 94 valence electrons. The van der Waals surface area contributed by atoms with Gasteiger partial charge in [0.1, 0.15) is 11.8 Å². The van der Waals surface area contributed by atoms with E-state index >= 15 is 0 Å². The fourth-order valence-electron chi connectivity index (χ4n) is 1.27. The third-order valence-corrected chi connectivity index (χ3v) is 2.03. The van der Waals surface area contributed by atoms with E-state index in [2.05, 4.69) is 9.97 Å². The molecular formula is C9H14N4O4. The Balaban J connectivity index is 0.000000583. The number of hydrogen-bond donors (Lipinski definition) is 1. The van der Waals surface area contributed by atoms with Crippen molar-refractivity contribution < 1.29 is 10.3 Å². The second-order valence-electron chi connectivity index (χ2n) is 3.04. The number of nitrogens with one attached hydrogen (secondary N) is 1. The van der Waals surface area contributed by atoms with Crippen LogP contribution < -0.4 is 11.2 Å². The molecule has 0 spiro atoms. The summed E-state index contributed by atoms with van der Waals surface area (Å²) in [5.74, 6) is 0. The van der Waals surface area contributed by atoms with Crippen molar-refractivity contribution in [2.45, 2.75) is 6.92 Å². The summed E-state index contributed by atoms with van der Waals surface area (Å²) >= 11 is 0. The van der Waals surface area contributed by atoms with Crippen LogP contribution in [-0.2, 0) is 18.9 Å². The highest BCUT2D eigenvalue weighted by Gasteiger charge is 2.08. The van der Waals surface area contributed by atoms with Crippen molar-refractivity contribution in [1.82, 2.24) is 19.1 Å². The number of nitrogens with zero attached hydrogens (tertiary/aromatic N) is 3. The molecular weight excluding hydrogens is 228 g/mol. The van der Waals surface area contributed by atoms with Crippen LogP contribution in [-0.4, -0.2) is 30.9 Å². The minimum Gasteiger partial charge on any atom is -0.412 e. The van der Waals surface area contributed by atoms with Gasteiger partial charge in [-0.05, 0) is 6.92 Å². The molecule has 2 heterocycles. The Morgan fingerprint density at radius 3 is 2.35 bits per heavy atom. The number of H-pyrrole nitrogens is 1. The summed E-state index contributed by atoms with van der Waals surface area (Å²) in [4.78, 5) is 38.2. The predicted octanol–water partition coefficient (Wildman–Crippen LogP) is -1.66. The smallest absolute Gasteiger partial charge is 0.332 e. The average molecular weight is 242 g/mol. The summed E-state index contributed by atoms with van der Waals surface area (Å²) in [7, 11) is 3.01. The largest absolute Gasteiger partial charge is 0.412 e. The Morgan fingerprint density at radius 2 is 1.82 bits per heavy atom. The highest BCUT2D eigenvalue weighted by molar-refractivity contribution is 5.68. The number of aromatic nitrogens is 4. The van der Waals surface area contributed by atoms with Crippen molar-refractivity contribution in [3.05, 3.63) is 27.2 Å². The van der Waals surface area contributed by atoms with Crippen molar-refractivity contribution >= 4 is 17.5 Å². The number of carbonyl (C=O) groups is 1. The van der Waals surface area contributed by atoms with E-state index in [-0.39, 0.29) is 16.7 Å². The summed E-state index contributed by atoms with van der Waals surface area (Å²) in [6, 6.07) is 0. The van der Waals surface area contributed by atoms with Gasteiger partial charge in [-0.2, -0.15) is 0 Å². The van der Waals surface area contributed by atoms with E-state index in [0.717, 1.165) is 10.9 Å². The third kappa shape index (κ3) is 2.48. The lowest BCUT2D eigenvalue weighted by Gasteiger charge is -2.00. The molecule has 0 aliphatic heterocycles. The lowest BCUT2D eigenvalue weighted by molar-refractivity contribution is -0.106. The minimum atomic E-state index is -0.371. The molecule has 0 aliphatic carbocycles. The number of hydrogen-bond acceptors (Lipinski definition) is 4. The Kier molecular flexibility index (Phi) is 5.00. The Morgan fingerprint density at radius 1 is 1.29 bits per heavy atom. The second kappa shape index (κ2) is 5.75. The molecule has 0 unspecified atom stereocenters. The van der Waals surface area contributed by atoms with Gasteiger partial charge >= 0.3 is 5.69 Å². The van der Waals surface area contributed by atoms with Crippen molar-refractivity contribution in [1.29, 1.82) is 0 Å². The van der Waals surface area contributed by atoms with Crippen LogP contribution in [0.5, 0.6) is 0 Å². The van der Waals surface area contributed by atoms with E-state index in [4.69, 9.17) is 4.79 Å². The van der Waals surface area contributed by atoms with Crippen molar-refractivity contribution in [3.63, 3.8) is 0 Å². The second-order valence-corrected chi connectivity index (χ2v) is 3.04. The minimum absolute atomic E-state index is 0. The maximum atomic E-state index is 11.4. The molecule has 0 aromatic carbocycles. The van der Waals surface area contributed by atoms with E-state index in [9.17, 15) is 9.59 Å². The number of fused-ring (bicyclic) bond motifs is 1. The van der Waals surface area contributed by atoms with E-state index in [0.29, 0.717) is 11.2 Å². The molecule has 0 radical (unpaired) electrons. The molecule has 0 amide bonds. The first-order valence-electron chi connectivity index (χ1n) is 4.53. The number of carbonyl (C=O) groups excluding carboxylic acids is 1. The average Bonchev–Trinajstić information content (AvgIpc) is 2.73. The van der Waals surface area contributed by atoms with Crippen molar-refractivity contribution in [3.8, 4) is 0 Å². The van der Waals surface area contributed by atoms with Gasteiger partial charge in [0.05, 0.1) is 6.33 Å². The third-order valence-electron chi connectivity index (χ3n) is 2.03. The maximum Gasteiger partial charge on any atom is 0.332 e. The van der Waals surface area contributed by atoms with Crippen molar-refractivity contribution in [2.24, 2.45) is 14.1 Å². The van der Waals surface area contributed by atoms with Crippen LogP contribution in [0.1, 0.15) is 6.92 Å². The summed E-state index contributed by atoms with van der Waals surface area (Å²) in [6.45, 7) is 1.44. The van der Waals surface area contributed by atoms with Gasteiger partial charge in [-0.3, -0.25) is 13.9 Å². The van der Waals surface area contributed by atoms with Gasteiger partial charge in [0.25, 0.3) is 5.56 Å². The molecule has 17 heavy (non-hydrogen) atoms. The Bertz CT molecular complexity index is 622. The fourth-order valence-corrected chi connectivity index (χ4v) is 1.27. The normalized spacial score (nSPS) is 9.12. The van der Waals surface area contributed by atoms with Crippen LogP contribution in [0.15, 0.2) is 15.9 Å². The van der Waals surface area contributed by atoms with Gasteiger partial charge in [0, 0.05) is 14.1 Å². The van der Waals surface area contributed by atoms with E-state index in [1.54, 1.807) is 7.05 Å². The molecule has 0 bridgehead atoms. The first kappa shape index (κ1) is 14.8.